The van der Waals surface area contributed by atoms with Gasteiger partial charge in [-0.2, -0.15) is 0 Å². The zero-order chi connectivity index (χ0) is 24.8. The zero-order valence-corrected chi connectivity index (χ0v) is 20.7. The zero-order valence-electron chi connectivity index (χ0n) is 20.7. The lowest BCUT2D eigenvalue weighted by molar-refractivity contribution is 0.0654. The Labute approximate surface area is 205 Å². The second-order valence-corrected chi connectivity index (χ2v) is 7.90. The molecule has 0 aliphatic heterocycles. The molecule has 35 heavy (non-hydrogen) atoms. The van der Waals surface area contributed by atoms with Crippen LogP contribution < -0.4 is 23.7 Å². The summed E-state index contributed by atoms with van der Waals surface area (Å²) in [6.45, 7) is 0.318. The first-order valence-corrected chi connectivity index (χ1v) is 11.2. The molecule has 1 unspecified atom stereocenters. The van der Waals surface area contributed by atoms with Crippen LogP contribution in [0.25, 0.3) is 10.8 Å². The molecule has 4 rings (SSSR count). The van der Waals surface area contributed by atoms with Crippen molar-refractivity contribution in [1.82, 2.24) is 0 Å². The van der Waals surface area contributed by atoms with Crippen molar-refractivity contribution in [3.63, 3.8) is 0 Å². The van der Waals surface area contributed by atoms with Crippen LogP contribution in [0.15, 0.2) is 72.8 Å². The van der Waals surface area contributed by atoms with Crippen LogP contribution in [-0.2, 0) is 11.3 Å². The lowest BCUT2D eigenvalue weighted by atomic mass is 9.94. The predicted octanol–water partition coefficient (Wildman–Crippen LogP) is 6.19. The van der Waals surface area contributed by atoms with E-state index in [1.807, 2.05) is 48.5 Å². The molecule has 0 heterocycles. The largest absolute Gasteiger partial charge is 0.497 e. The van der Waals surface area contributed by atoms with E-state index in [4.69, 9.17) is 28.4 Å². The van der Waals surface area contributed by atoms with Crippen molar-refractivity contribution in [2.24, 2.45) is 0 Å². The molecular weight excluding hydrogens is 444 g/mol. The third-order valence-corrected chi connectivity index (χ3v) is 5.95. The van der Waals surface area contributed by atoms with Crippen LogP contribution in [0.4, 0.5) is 0 Å². The molecule has 0 aromatic heterocycles. The molecule has 1 atom stereocenters. The lowest BCUT2D eigenvalue weighted by Gasteiger charge is -2.24. The molecule has 6 nitrogen and oxygen atoms in total. The minimum atomic E-state index is -0.451. The average Bonchev–Trinajstić information content (AvgIpc) is 2.92. The van der Waals surface area contributed by atoms with Crippen molar-refractivity contribution >= 4 is 10.8 Å². The number of rotatable bonds is 10. The monoisotopic (exact) mass is 474 g/mol. The van der Waals surface area contributed by atoms with Gasteiger partial charge >= 0.3 is 0 Å². The maximum atomic E-state index is 6.64. The van der Waals surface area contributed by atoms with Gasteiger partial charge in [-0.25, -0.2) is 0 Å². The van der Waals surface area contributed by atoms with Crippen molar-refractivity contribution in [3.05, 3.63) is 89.5 Å². The number of benzene rings is 4. The summed E-state index contributed by atoms with van der Waals surface area (Å²) in [6, 6.07) is 24.0. The molecule has 0 fully saturated rings. The fourth-order valence-electron chi connectivity index (χ4n) is 4.29. The highest BCUT2D eigenvalue weighted by Crippen LogP contribution is 2.45. The summed E-state index contributed by atoms with van der Waals surface area (Å²) in [4.78, 5) is 0. The van der Waals surface area contributed by atoms with Crippen molar-refractivity contribution in [2.75, 3.05) is 35.5 Å². The van der Waals surface area contributed by atoms with Crippen LogP contribution in [0.2, 0.25) is 0 Å². The van der Waals surface area contributed by atoms with Gasteiger partial charge in [0.25, 0.3) is 0 Å². The maximum Gasteiger partial charge on any atom is 0.203 e. The van der Waals surface area contributed by atoms with Crippen molar-refractivity contribution in [3.8, 4) is 28.7 Å². The highest BCUT2D eigenvalue weighted by atomic mass is 16.5. The highest BCUT2D eigenvalue weighted by Gasteiger charge is 2.26. The van der Waals surface area contributed by atoms with Gasteiger partial charge < -0.3 is 28.4 Å². The second kappa shape index (κ2) is 11.0. The maximum absolute atomic E-state index is 6.64. The molecule has 0 aliphatic carbocycles. The fraction of sp³-hybridized carbons (Fsp3) is 0.241. The Morgan fingerprint density at radius 1 is 0.600 bits per heavy atom. The summed E-state index contributed by atoms with van der Waals surface area (Å²) < 4.78 is 34.5. The molecule has 0 saturated heterocycles. The van der Waals surface area contributed by atoms with Crippen LogP contribution >= 0.6 is 0 Å². The molecule has 0 amide bonds. The SMILES string of the molecule is COc1cc(COC(c2ccc(OC)c(OC)c2OC)c2cccc3ccccc23)cc(OC)c1. The van der Waals surface area contributed by atoms with Crippen molar-refractivity contribution < 1.29 is 28.4 Å². The lowest BCUT2D eigenvalue weighted by Crippen LogP contribution is -2.10. The molecule has 6 heteroatoms. The highest BCUT2D eigenvalue weighted by molar-refractivity contribution is 5.86. The summed E-state index contributed by atoms with van der Waals surface area (Å²) in [6.07, 6.45) is -0.451. The third-order valence-electron chi connectivity index (χ3n) is 5.95. The van der Waals surface area contributed by atoms with Gasteiger partial charge in [-0.05, 0) is 46.2 Å². The van der Waals surface area contributed by atoms with E-state index in [1.165, 1.54) is 0 Å². The van der Waals surface area contributed by atoms with Gasteiger partial charge in [0.05, 0.1) is 42.2 Å². The van der Waals surface area contributed by atoms with Gasteiger partial charge in [0.15, 0.2) is 11.5 Å². The van der Waals surface area contributed by atoms with Crippen LogP contribution in [0, 0.1) is 0 Å². The first-order valence-electron chi connectivity index (χ1n) is 11.2. The molecular formula is C29H30O6. The Morgan fingerprint density at radius 3 is 1.94 bits per heavy atom. The Kier molecular flexibility index (Phi) is 7.63. The molecule has 0 saturated carbocycles. The first kappa shape index (κ1) is 24.2. The smallest absolute Gasteiger partial charge is 0.203 e. The van der Waals surface area contributed by atoms with Crippen molar-refractivity contribution in [1.29, 1.82) is 0 Å². The molecule has 0 bridgehead atoms. The number of fused-ring (bicyclic) bond motifs is 1. The van der Waals surface area contributed by atoms with E-state index in [9.17, 15) is 0 Å². The molecule has 4 aromatic rings. The van der Waals surface area contributed by atoms with E-state index in [0.717, 1.165) is 27.5 Å². The summed E-state index contributed by atoms with van der Waals surface area (Å²) in [5.74, 6) is 3.07. The van der Waals surface area contributed by atoms with Crippen LogP contribution in [-0.4, -0.2) is 35.5 Å². The van der Waals surface area contributed by atoms with E-state index >= 15 is 0 Å². The number of hydrogen-bond acceptors (Lipinski definition) is 6. The summed E-state index contributed by atoms with van der Waals surface area (Å²) in [5, 5.41) is 2.22. The van der Waals surface area contributed by atoms with Gasteiger partial charge in [-0.1, -0.05) is 42.5 Å². The van der Waals surface area contributed by atoms with Gasteiger partial charge in [0.1, 0.15) is 17.6 Å². The fourth-order valence-corrected chi connectivity index (χ4v) is 4.29. The molecule has 182 valence electrons. The Hall–Kier alpha value is -3.90. The third kappa shape index (κ3) is 4.98. The number of hydrogen-bond donors (Lipinski definition) is 0. The topological polar surface area (TPSA) is 55.4 Å². The number of ether oxygens (including phenoxy) is 6. The summed E-state index contributed by atoms with van der Waals surface area (Å²) in [5.41, 5.74) is 2.77. The second-order valence-electron chi connectivity index (χ2n) is 7.90. The summed E-state index contributed by atoms with van der Waals surface area (Å²) >= 11 is 0. The summed E-state index contributed by atoms with van der Waals surface area (Å²) in [7, 11) is 8.08. The van der Waals surface area contributed by atoms with E-state index < -0.39 is 6.10 Å². The Bertz CT molecular complexity index is 1270. The van der Waals surface area contributed by atoms with E-state index in [2.05, 4.69) is 24.3 Å². The molecule has 0 spiro atoms. The standard InChI is InChI=1S/C29H30O6/c1-30-21-15-19(16-22(17-21)31-2)18-35-27(24-12-8-10-20-9-6-7-11-23(20)24)25-13-14-26(32-3)29(34-5)28(25)33-4/h6-17,27H,18H2,1-5H3. The van der Waals surface area contributed by atoms with Crippen LogP contribution in [0.5, 0.6) is 28.7 Å². The Balaban J connectivity index is 1.84. The predicted molar refractivity (Wildman–Crippen MR) is 136 cm³/mol. The van der Waals surface area contributed by atoms with E-state index in [-0.39, 0.29) is 0 Å². The average molecular weight is 475 g/mol. The molecule has 0 aliphatic rings. The molecule has 0 radical (unpaired) electrons. The first-order chi connectivity index (χ1) is 17.1. The Morgan fingerprint density at radius 2 is 1.29 bits per heavy atom. The van der Waals surface area contributed by atoms with E-state index in [0.29, 0.717) is 35.4 Å². The van der Waals surface area contributed by atoms with Gasteiger partial charge in [0.2, 0.25) is 5.75 Å². The van der Waals surface area contributed by atoms with Crippen molar-refractivity contribution in [2.45, 2.75) is 12.7 Å². The minimum absolute atomic E-state index is 0.318. The molecule has 4 aromatic carbocycles. The quantitative estimate of drug-likeness (QED) is 0.273. The van der Waals surface area contributed by atoms with Gasteiger partial charge in [0, 0.05) is 11.6 Å². The van der Waals surface area contributed by atoms with Crippen LogP contribution in [0.1, 0.15) is 22.8 Å². The molecule has 0 N–H and O–H groups in total. The van der Waals surface area contributed by atoms with E-state index in [1.54, 1.807) is 35.5 Å². The van der Waals surface area contributed by atoms with Gasteiger partial charge in [-0.15, -0.1) is 0 Å². The van der Waals surface area contributed by atoms with Crippen LogP contribution in [0.3, 0.4) is 0 Å². The number of methoxy groups -OCH3 is 5. The normalized spacial score (nSPS) is 11.7. The van der Waals surface area contributed by atoms with Gasteiger partial charge in [-0.3, -0.25) is 0 Å². The minimum Gasteiger partial charge on any atom is -0.497 e.